The standard InChI is InChI=1S/C41H62N4O6/c1-24(2)32-27(46)20-41(45-35(50)43-22-25-14-19-42-23-44-25)18-17-39(8)26(33(32)41)10-11-29-38(7)15-13-30(51-31(47)21-36(3,4)34(48)49)37(5,6)28(38)12-16-40(29,39)9/h19,23-26,28-30H,10-18,20-22H2,1-9H3,(H,48,49)(H2,43,45,50)/t25?,26?,28?,29?,30-,38-,39+,40+,41+/m0/s1. The molecule has 4 saturated carbocycles. The molecule has 282 valence electrons. The molecule has 0 radical (unpaired) electrons. The Hall–Kier alpha value is -3.04. The number of aliphatic carboxylic acids is 1. The van der Waals surface area contributed by atoms with Gasteiger partial charge in [-0.2, -0.15) is 0 Å². The van der Waals surface area contributed by atoms with Crippen molar-refractivity contribution in [2.24, 2.45) is 60.7 Å². The molecule has 0 spiro atoms. The number of allylic oxidation sites excluding steroid dienone is 1. The summed E-state index contributed by atoms with van der Waals surface area (Å²) in [6.45, 7) is 19.9. The Morgan fingerprint density at radius 2 is 1.71 bits per heavy atom. The number of carbonyl (C=O) groups is 4. The number of rotatable bonds is 8. The van der Waals surface area contributed by atoms with E-state index in [0.717, 1.165) is 56.9 Å². The number of ether oxygens (including phenoxy) is 1. The smallest absolute Gasteiger partial charge is 0.315 e. The van der Waals surface area contributed by atoms with Crippen molar-refractivity contribution in [3.63, 3.8) is 0 Å². The summed E-state index contributed by atoms with van der Waals surface area (Å²) in [5.74, 6) is -0.132. The van der Waals surface area contributed by atoms with Gasteiger partial charge in [0.2, 0.25) is 0 Å². The highest BCUT2D eigenvalue weighted by Crippen LogP contribution is 2.76. The van der Waals surface area contributed by atoms with Crippen LogP contribution in [-0.4, -0.2) is 65.6 Å². The number of Topliss-reactive ketones (excluding diaryl/α,β-unsaturated/α-hetero) is 1. The van der Waals surface area contributed by atoms with E-state index in [4.69, 9.17) is 4.74 Å². The average molecular weight is 707 g/mol. The van der Waals surface area contributed by atoms with E-state index in [1.165, 1.54) is 11.9 Å². The summed E-state index contributed by atoms with van der Waals surface area (Å²) in [7, 11) is 0. The molecule has 0 aromatic rings. The van der Waals surface area contributed by atoms with Gasteiger partial charge in [0, 0.05) is 31.0 Å². The van der Waals surface area contributed by atoms with Crippen molar-refractivity contribution >= 4 is 36.3 Å². The second-order valence-corrected chi connectivity index (χ2v) is 19.3. The predicted octanol–water partition coefficient (Wildman–Crippen LogP) is 7.30. The molecule has 5 aliphatic carbocycles. The quantitative estimate of drug-likeness (QED) is 0.226. The highest BCUT2D eigenvalue weighted by Gasteiger charge is 2.70. The summed E-state index contributed by atoms with van der Waals surface area (Å²) in [6.07, 6.45) is 11.6. The number of hydrogen-bond acceptors (Lipinski definition) is 7. The average Bonchev–Trinajstić information content (AvgIpc) is 3.33. The van der Waals surface area contributed by atoms with Crippen LogP contribution in [0.1, 0.15) is 133 Å². The molecule has 10 nitrogen and oxygen atoms in total. The zero-order chi connectivity index (χ0) is 37.4. The first-order valence-corrected chi connectivity index (χ1v) is 19.5. The number of carboxylic acid groups (broad SMARTS) is 1. The zero-order valence-corrected chi connectivity index (χ0v) is 32.5. The van der Waals surface area contributed by atoms with Crippen LogP contribution in [0.15, 0.2) is 21.1 Å². The van der Waals surface area contributed by atoms with Crippen LogP contribution in [0.3, 0.4) is 0 Å². The first kappa shape index (κ1) is 37.7. The topological polar surface area (TPSA) is 147 Å². The van der Waals surface area contributed by atoms with E-state index in [1.54, 1.807) is 13.8 Å². The van der Waals surface area contributed by atoms with Crippen molar-refractivity contribution in [1.82, 2.24) is 10.6 Å². The first-order chi connectivity index (χ1) is 23.7. The number of carboxylic acids is 1. The van der Waals surface area contributed by atoms with Gasteiger partial charge in [-0.05, 0) is 116 Å². The molecule has 51 heavy (non-hydrogen) atoms. The minimum absolute atomic E-state index is 0.0297. The van der Waals surface area contributed by atoms with Crippen LogP contribution in [0.5, 0.6) is 0 Å². The van der Waals surface area contributed by atoms with Gasteiger partial charge in [0.1, 0.15) is 12.4 Å². The minimum atomic E-state index is -1.17. The molecule has 1 aliphatic heterocycles. The van der Waals surface area contributed by atoms with E-state index >= 15 is 0 Å². The van der Waals surface area contributed by atoms with Gasteiger partial charge in [-0.15, -0.1) is 0 Å². The van der Waals surface area contributed by atoms with Crippen LogP contribution in [0, 0.1) is 50.7 Å². The maximum atomic E-state index is 13.9. The van der Waals surface area contributed by atoms with Crippen LogP contribution >= 0.6 is 0 Å². The monoisotopic (exact) mass is 706 g/mol. The van der Waals surface area contributed by atoms with Crippen molar-refractivity contribution in [1.29, 1.82) is 0 Å². The highest BCUT2D eigenvalue weighted by molar-refractivity contribution is 6.02. The Balaban J connectivity index is 1.25. The van der Waals surface area contributed by atoms with E-state index < -0.39 is 22.9 Å². The van der Waals surface area contributed by atoms with Crippen LogP contribution in [-0.2, 0) is 19.1 Å². The molecule has 6 rings (SSSR count). The fourth-order valence-corrected chi connectivity index (χ4v) is 12.6. The third kappa shape index (κ3) is 5.98. The third-order valence-corrected chi connectivity index (χ3v) is 15.5. The molecule has 0 aromatic heterocycles. The largest absolute Gasteiger partial charge is 0.481 e. The van der Waals surface area contributed by atoms with E-state index in [9.17, 15) is 24.3 Å². The van der Waals surface area contributed by atoms with E-state index in [-0.39, 0.29) is 63.9 Å². The molecular formula is C41H62N4O6. The summed E-state index contributed by atoms with van der Waals surface area (Å²) in [4.78, 5) is 60.7. The number of amides is 2. The number of nitrogens with zero attached hydrogens (tertiary/aromatic N) is 2. The molecule has 2 amide bonds. The number of carbonyl (C=O) groups excluding carboxylic acids is 3. The maximum absolute atomic E-state index is 13.9. The van der Waals surface area contributed by atoms with Crippen LogP contribution < -0.4 is 10.6 Å². The summed E-state index contributed by atoms with van der Waals surface area (Å²) < 4.78 is 6.15. The van der Waals surface area contributed by atoms with Crippen molar-refractivity contribution in [3.8, 4) is 0 Å². The van der Waals surface area contributed by atoms with Gasteiger partial charge in [-0.25, -0.2) is 9.79 Å². The Labute approximate surface area is 304 Å². The second kappa shape index (κ2) is 12.8. The number of fused-ring (bicyclic) bond motifs is 7. The SMILES string of the molecule is CC(C)C1=C2C3CCC4[C@@]5(C)CC[C@H](OC(=O)CC(C)(C)C(=O)O)C(C)(C)C5CC[C@@]4(C)[C@]3(C)CC[C@@]2(NC(=O)NCC2CC=NC=N2)CC1=O. The van der Waals surface area contributed by atoms with Crippen molar-refractivity contribution in [3.05, 3.63) is 11.1 Å². The highest BCUT2D eigenvalue weighted by atomic mass is 16.5. The molecule has 0 saturated heterocycles. The normalized spacial score (nSPS) is 39.8. The van der Waals surface area contributed by atoms with Gasteiger partial charge in [0.05, 0.1) is 23.4 Å². The van der Waals surface area contributed by atoms with Gasteiger partial charge in [-0.3, -0.25) is 19.4 Å². The van der Waals surface area contributed by atoms with Gasteiger partial charge in [-0.1, -0.05) is 48.5 Å². The number of esters is 1. The Bertz CT molecular complexity index is 1560. The van der Waals surface area contributed by atoms with Crippen LogP contribution in [0.2, 0.25) is 0 Å². The first-order valence-electron chi connectivity index (χ1n) is 19.5. The van der Waals surface area contributed by atoms with Gasteiger partial charge < -0.3 is 20.5 Å². The van der Waals surface area contributed by atoms with Crippen molar-refractivity contribution in [2.45, 2.75) is 151 Å². The van der Waals surface area contributed by atoms with E-state index in [1.807, 2.05) is 6.21 Å². The lowest BCUT2D eigenvalue weighted by Crippen LogP contribution is -2.67. The van der Waals surface area contributed by atoms with E-state index in [0.29, 0.717) is 31.2 Å². The Kier molecular flexibility index (Phi) is 9.48. The van der Waals surface area contributed by atoms with Crippen molar-refractivity contribution < 1.29 is 29.0 Å². The summed E-state index contributed by atoms with van der Waals surface area (Å²) in [6, 6.07) is -0.263. The fraction of sp³-hybridized carbons (Fsp3) is 0.805. The molecule has 1 heterocycles. The van der Waals surface area contributed by atoms with Gasteiger partial charge in [0.15, 0.2) is 5.78 Å². The third-order valence-electron chi connectivity index (χ3n) is 15.5. The molecule has 0 bridgehead atoms. The molecule has 10 heteroatoms. The Morgan fingerprint density at radius 1 is 0.980 bits per heavy atom. The number of nitrogens with one attached hydrogen (secondary N) is 2. The van der Waals surface area contributed by atoms with Gasteiger partial charge >= 0.3 is 18.0 Å². The zero-order valence-electron chi connectivity index (χ0n) is 32.5. The van der Waals surface area contributed by atoms with Gasteiger partial charge in [0.25, 0.3) is 0 Å². The second-order valence-electron chi connectivity index (χ2n) is 19.3. The predicted molar refractivity (Wildman–Crippen MR) is 198 cm³/mol. The lowest BCUT2D eigenvalue weighted by Gasteiger charge is -2.72. The summed E-state index contributed by atoms with van der Waals surface area (Å²) in [5.41, 5.74) is 0.0990. The molecule has 9 atom stereocenters. The lowest BCUT2D eigenvalue weighted by atomic mass is 9.33. The number of aliphatic imine (C=N–C) groups is 2. The molecule has 6 aliphatic rings. The lowest BCUT2D eigenvalue weighted by molar-refractivity contribution is -0.232. The molecule has 0 aromatic carbocycles. The van der Waals surface area contributed by atoms with Crippen LogP contribution in [0.25, 0.3) is 0 Å². The van der Waals surface area contributed by atoms with E-state index in [2.05, 4.69) is 69.1 Å². The minimum Gasteiger partial charge on any atom is -0.481 e. The molecule has 3 N–H and O–H groups in total. The number of ketones is 1. The van der Waals surface area contributed by atoms with Crippen molar-refractivity contribution in [2.75, 3.05) is 6.54 Å². The fourth-order valence-electron chi connectivity index (χ4n) is 12.6. The van der Waals surface area contributed by atoms with Crippen LogP contribution in [0.4, 0.5) is 4.79 Å². The number of hydrogen-bond donors (Lipinski definition) is 3. The maximum Gasteiger partial charge on any atom is 0.315 e. The summed E-state index contributed by atoms with van der Waals surface area (Å²) >= 11 is 0. The molecular weight excluding hydrogens is 644 g/mol. The number of urea groups is 1. The summed E-state index contributed by atoms with van der Waals surface area (Å²) in [5, 5.41) is 16.1. The molecule has 4 fully saturated rings. The molecule has 4 unspecified atom stereocenters. The Morgan fingerprint density at radius 3 is 2.35 bits per heavy atom.